The van der Waals surface area contributed by atoms with E-state index >= 15 is 0 Å². The highest BCUT2D eigenvalue weighted by Crippen LogP contribution is 2.37. The van der Waals surface area contributed by atoms with Crippen molar-refractivity contribution in [3.63, 3.8) is 0 Å². The summed E-state index contributed by atoms with van der Waals surface area (Å²) in [6, 6.07) is 9.55. The third-order valence-corrected chi connectivity index (χ3v) is 2.90. The van der Waals surface area contributed by atoms with Crippen molar-refractivity contribution >= 4 is 16.6 Å². The monoisotopic (exact) mass is 258 g/mol. The standard InChI is InChI=1S/C16H18O3/c1-10(2)19-15-9-14(11(3)17)16(18-4)13-8-6-5-7-12(13)15/h5-10H,1-4H3. The molecule has 0 atom stereocenters. The SMILES string of the molecule is COc1c(C(C)=O)cc(OC(C)C)c2ccccc12. The van der Waals surface area contributed by atoms with Crippen LogP contribution in [0.15, 0.2) is 30.3 Å². The minimum Gasteiger partial charge on any atom is -0.495 e. The van der Waals surface area contributed by atoms with Crippen LogP contribution < -0.4 is 9.47 Å². The molecule has 2 aromatic carbocycles. The Balaban J connectivity index is 2.78. The number of ketones is 1. The molecule has 0 spiro atoms. The summed E-state index contributed by atoms with van der Waals surface area (Å²) in [5.41, 5.74) is 0.553. The van der Waals surface area contributed by atoms with Crippen molar-refractivity contribution in [2.45, 2.75) is 26.9 Å². The minimum absolute atomic E-state index is 0.0313. The molecule has 0 aromatic heterocycles. The van der Waals surface area contributed by atoms with Crippen LogP contribution in [-0.2, 0) is 0 Å². The maximum Gasteiger partial charge on any atom is 0.163 e. The fourth-order valence-electron chi connectivity index (χ4n) is 2.15. The lowest BCUT2D eigenvalue weighted by atomic mass is 10.0. The number of carbonyl (C=O) groups is 1. The molecule has 3 nitrogen and oxygen atoms in total. The lowest BCUT2D eigenvalue weighted by Gasteiger charge is -2.16. The van der Waals surface area contributed by atoms with Gasteiger partial charge in [0.15, 0.2) is 5.78 Å². The first-order chi connectivity index (χ1) is 9.04. The van der Waals surface area contributed by atoms with Gasteiger partial charge >= 0.3 is 0 Å². The van der Waals surface area contributed by atoms with Crippen LogP contribution in [-0.4, -0.2) is 19.0 Å². The Morgan fingerprint density at radius 3 is 2.32 bits per heavy atom. The molecule has 0 aliphatic heterocycles. The third-order valence-electron chi connectivity index (χ3n) is 2.90. The van der Waals surface area contributed by atoms with E-state index in [1.807, 2.05) is 38.1 Å². The van der Waals surface area contributed by atoms with Gasteiger partial charge in [0, 0.05) is 10.8 Å². The Kier molecular flexibility index (Phi) is 3.74. The molecule has 2 rings (SSSR count). The number of hydrogen-bond donors (Lipinski definition) is 0. The third kappa shape index (κ3) is 2.55. The average Bonchev–Trinajstić information content (AvgIpc) is 2.37. The van der Waals surface area contributed by atoms with E-state index in [0.717, 1.165) is 16.5 Å². The Hall–Kier alpha value is -2.03. The fourth-order valence-corrected chi connectivity index (χ4v) is 2.15. The Labute approximate surface area is 113 Å². The van der Waals surface area contributed by atoms with Gasteiger partial charge in [0.2, 0.25) is 0 Å². The van der Waals surface area contributed by atoms with Crippen molar-refractivity contribution in [1.29, 1.82) is 0 Å². The van der Waals surface area contributed by atoms with E-state index in [0.29, 0.717) is 11.3 Å². The highest BCUT2D eigenvalue weighted by Gasteiger charge is 2.16. The smallest absolute Gasteiger partial charge is 0.163 e. The van der Waals surface area contributed by atoms with Gasteiger partial charge in [0.1, 0.15) is 11.5 Å². The molecule has 0 saturated heterocycles. The normalized spacial score (nSPS) is 10.8. The molecule has 0 aliphatic rings. The zero-order chi connectivity index (χ0) is 14.0. The topological polar surface area (TPSA) is 35.5 Å². The number of carbonyl (C=O) groups excluding carboxylic acids is 1. The number of rotatable bonds is 4. The Morgan fingerprint density at radius 2 is 1.79 bits per heavy atom. The van der Waals surface area contributed by atoms with Gasteiger partial charge in [-0.1, -0.05) is 24.3 Å². The largest absolute Gasteiger partial charge is 0.495 e. The number of Topliss-reactive ketones (excluding diaryl/α,β-unsaturated/α-hetero) is 1. The molecule has 0 amide bonds. The Bertz CT molecular complexity index is 615. The molecule has 19 heavy (non-hydrogen) atoms. The van der Waals surface area contributed by atoms with Gasteiger partial charge in [-0.05, 0) is 26.8 Å². The van der Waals surface area contributed by atoms with Crippen LogP contribution in [0.3, 0.4) is 0 Å². The molecular weight excluding hydrogens is 240 g/mol. The average molecular weight is 258 g/mol. The predicted octanol–water partition coefficient (Wildman–Crippen LogP) is 3.84. The molecule has 100 valence electrons. The highest BCUT2D eigenvalue weighted by molar-refractivity contribution is 6.06. The fraction of sp³-hybridized carbons (Fsp3) is 0.312. The van der Waals surface area contributed by atoms with Gasteiger partial charge in [-0.25, -0.2) is 0 Å². The van der Waals surface area contributed by atoms with Crippen LogP contribution in [0.4, 0.5) is 0 Å². The van der Waals surface area contributed by atoms with E-state index in [2.05, 4.69) is 0 Å². The lowest BCUT2D eigenvalue weighted by Crippen LogP contribution is -2.08. The zero-order valence-corrected chi connectivity index (χ0v) is 11.7. The number of benzene rings is 2. The van der Waals surface area contributed by atoms with E-state index in [1.54, 1.807) is 13.2 Å². The Morgan fingerprint density at radius 1 is 1.16 bits per heavy atom. The second-order valence-corrected chi connectivity index (χ2v) is 4.72. The van der Waals surface area contributed by atoms with E-state index in [1.165, 1.54) is 6.92 Å². The molecule has 0 saturated carbocycles. The van der Waals surface area contributed by atoms with Gasteiger partial charge < -0.3 is 9.47 Å². The van der Waals surface area contributed by atoms with E-state index in [4.69, 9.17) is 9.47 Å². The first-order valence-corrected chi connectivity index (χ1v) is 6.32. The van der Waals surface area contributed by atoms with Gasteiger partial charge in [-0.3, -0.25) is 4.79 Å². The van der Waals surface area contributed by atoms with Crippen LogP contribution in [0.2, 0.25) is 0 Å². The van der Waals surface area contributed by atoms with Crippen LogP contribution in [0.25, 0.3) is 10.8 Å². The van der Waals surface area contributed by atoms with Crippen LogP contribution in [0, 0.1) is 0 Å². The van der Waals surface area contributed by atoms with Crippen LogP contribution in [0.1, 0.15) is 31.1 Å². The molecule has 0 fully saturated rings. The lowest BCUT2D eigenvalue weighted by molar-refractivity contribution is 0.101. The molecule has 0 heterocycles. The van der Waals surface area contributed by atoms with E-state index < -0.39 is 0 Å². The van der Waals surface area contributed by atoms with Gasteiger partial charge in [0.05, 0.1) is 18.8 Å². The van der Waals surface area contributed by atoms with Crippen molar-refractivity contribution in [3.8, 4) is 11.5 Å². The summed E-state index contributed by atoms with van der Waals surface area (Å²) in [7, 11) is 1.58. The summed E-state index contributed by atoms with van der Waals surface area (Å²) in [4.78, 5) is 11.8. The zero-order valence-electron chi connectivity index (χ0n) is 11.7. The summed E-state index contributed by atoms with van der Waals surface area (Å²) in [6.07, 6.45) is 0.0524. The van der Waals surface area contributed by atoms with E-state index in [9.17, 15) is 4.79 Å². The number of hydrogen-bond acceptors (Lipinski definition) is 3. The molecule has 0 bridgehead atoms. The molecule has 2 aromatic rings. The summed E-state index contributed by atoms with van der Waals surface area (Å²) in [6.45, 7) is 5.46. The molecule has 0 aliphatic carbocycles. The summed E-state index contributed by atoms with van der Waals surface area (Å²) >= 11 is 0. The first kappa shape index (κ1) is 13.4. The quantitative estimate of drug-likeness (QED) is 0.782. The minimum atomic E-state index is -0.0313. The molecule has 3 heteroatoms. The maximum absolute atomic E-state index is 11.8. The van der Waals surface area contributed by atoms with Crippen molar-refractivity contribution in [2.75, 3.05) is 7.11 Å². The highest BCUT2D eigenvalue weighted by atomic mass is 16.5. The van der Waals surface area contributed by atoms with Crippen LogP contribution in [0.5, 0.6) is 11.5 Å². The molecule has 0 radical (unpaired) electrons. The molecule has 0 N–H and O–H groups in total. The number of methoxy groups -OCH3 is 1. The van der Waals surface area contributed by atoms with Crippen LogP contribution >= 0.6 is 0 Å². The maximum atomic E-state index is 11.8. The van der Waals surface area contributed by atoms with Crippen molar-refractivity contribution in [3.05, 3.63) is 35.9 Å². The van der Waals surface area contributed by atoms with Gasteiger partial charge in [0.25, 0.3) is 0 Å². The second kappa shape index (κ2) is 5.31. The number of ether oxygens (including phenoxy) is 2. The molecular formula is C16H18O3. The summed E-state index contributed by atoms with van der Waals surface area (Å²) < 4.78 is 11.2. The van der Waals surface area contributed by atoms with E-state index in [-0.39, 0.29) is 11.9 Å². The van der Waals surface area contributed by atoms with Crippen molar-refractivity contribution in [1.82, 2.24) is 0 Å². The van der Waals surface area contributed by atoms with Crippen molar-refractivity contribution in [2.24, 2.45) is 0 Å². The molecule has 0 unspecified atom stereocenters. The predicted molar refractivity (Wildman–Crippen MR) is 76.3 cm³/mol. The number of fused-ring (bicyclic) bond motifs is 1. The van der Waals surface area contributed by atoms with Gasteiger partial charge in [-0.15, -0.1) is 0 Å². The second-order valence-electron chi connectivity index (χ2n) is 4.72. The first-order valence-electron chi connectivity index (χ1n) is 6.32. The summed E-state index contributed by atoms with van der Waals surface area (Å²) in [5.74, 6) is 1.30. The van der Waals surface area contributed by atoms with Crippen molar-refractivity contribution < 1.29 is 14.3 Å². The summed E-state index contributed by atoms with van der Waals surface area (Å²) in [5, 5.41) is 1.85. The van der Waals surface area contributed by atoms with Gasteiger partial charge in [-0.2, -0.15) is 0 Å².